The van der Waals surface area contributed by atoms with E-state index in [2.05, 4.69) is 5.32 Å². The van der Waals surface area contributed by atoms with Crippen molar-refractivity contribution in [1.82, 2.24) is 5.32 Å². The quantitative estimate of drug-likeness (QED) is 0.352. The topological polar surface area (TPSA) is 107 Å². The monoisotopic (exact) mass is 315 g/mol. The number of hydrogen-bond acceptors (Lipinski definition) is 5. The number of nitro groups is 1. The van der Waals surface area contributed by atoms with Crippen LogP contribution in [0.3, 0.4) is 0 Å². The summed E-state index contributed by atoms with van der Waals surface area (Å²) in [7, 11) is 0. The molecule has 3 N–H and O–H groups in total. The van der Waals surface area contributed by atoms with Crippen molar-refractivity contribution >= 4 is 17.3 Å². The van der Waals surface area contributed by atoms with Crippen LogP contribution in [-0.2, 0) is 11.3 Å². The van der Waals surface area contributed by atoms with Crippen molar-refractivity contribution in [1.29, 1.82) is 0 Å². The molecule has 0 aliphatic rings. The number of rotatable bonds is 7. The Morgan fingerprint density at radius 3 is 2.65 bits per heavy atom. The SMILES string of the molecule is Nc1cc(C(=O)NCCOCc2ccccc2)cc([N+](=O)[O-])c1. The second-order valence-corrected chi connectivity index (χ2v) is 4.86. The van der Waals surface area contributed by atoms with Gasteiger partial charge in [-0.3, -0.25) is 14.9 Å². The van der Waals surface area contributed by atoms with Crippen molar-refractivity contribution in [2.45, 2.75) is 6.61 Å². The summed E-state index contributed by atoms with van der Waals surface area (Å²) in [4.78, 5) is 22.1. The van der Waals surface area contributed by atoms with E-state index in [9.17, 15) is 14.9 Å². The highest BCUT2D eigenvalue weighted by Crippen LogP contribution is 2.18. The lowest BCUT2D eigenvalue weighted by Gasteiger charge is -2.07. The van der Waals surface area contributed by atoms with Crippen molar-refractivity contribution in [3.63, 3.8) is 0 Å². The first-order valence-corrected chi connectivity index (χ1v) is 7.01. The van der Waals surface area contributed by atoms with Crippen molar-refractivity contribution < 1.29 is 14.5 Å². The fourth-order valence-electron chi connectivity index (χ4n) is 1.97. The summed E-state index contributed by atoms with van der Waals surface area (Å²) in [5.41, 5.74) is 6.72. The number of nitrogen functional groups attached to an aromatic ring is 1. The van der Waals surface area contributed by atoms with Crippen LogP contribution in [0.15, 0.2) is 48.5 Å². The van der Waals surface area contributed by atoms with Crippen molar-refractivity contribution in [2.75, 3.05) is 18.9 Å². The minimum atomic E-state index is -0.587. The van der Waals surface area contributed by atoms with Gasteiger partial charge in [-0.1, -0.05) is 30.3 Å². The molecule has 0 spiro atoms. The summed E-state index contributed by atoms with van der Waals surface area (Å²) < 4.78 is 5.44. The van der Waals surface area contributed by atoms with Crippen molar-refractivity contribution in [2.24, 2.45) is 0 Å². The van der Waals surface area contributed by atoms with Crippen molar-refractivity contribution in [3.8, 4) is 0 Å². The molecule has 0 radical (unpaired) electrons. The van der Waals surface area contributed by atoms with E-state index in [1.807, 2.05) is 30.3 Å². The van der Waals surface area contributed by atoms with Gasteiger partial charge in [0, 0.05) is 29.9 Å². The fraction of sp³-hybridized carbons (Fsp3) is 0.188. The number of nitrogens with one attached hydrogen (secondary N) is 1. The van der Waals surface area contributed by atoms with Gasteiger partial charge in [0.15, 0.2) is 0 Å². The van der Waals surface area contributed by atoms with Crippen LogP contribution in [0.1, 0.15) is 15.9 Å². The van der Waals surface area contributed by atoms with E-state index in [0.29, 0.717) is 19.8 Å². The van der Waals surface area contributed by atoms with Crippen LogP contribution in [0.4, 0.5) is 11.4 Å². The van der Waals surface area contributed by atoms with Crippen LogP contribution in [0.5, 0.6) is 0 Å². The molecule has 0 bridgehead atoms. The molecular formula is C16H17N3O4. The molecule has 0 heterocycles. The third kappa shape index (κ3) is 5.08. The molecule has 0 aliphatic heterocycles. The smallest absolute Gasteiger partial charge is 0.272 e. The first kappa shape index (κ1) is 16.4. The lowest BCUT2D eigenvalue weighted by atomic mass is 10.1. The molecule has 2 rings (SSSR count). The largest absolute Gasteiger partial charge is 0.399 e. The summed E-state index contributed by atoms with van der Waals surface area (Å²) in [5.74, 6) is -0.427. The van der Waals surface area contributed by atoms with Gasteiger partial charge in [-0.25, -0.2) is 0 Å². The number of benzene rings is 2. The third-order valence-electron chi connectivity index (χ3n) is 3.06. The Labute approximate surface area is 133 Å². The first-order valence-electron chi connectivity index (χ1n) is 7.01. The third-order valence-corrected chi connectivity index (χ3v) is 3.06. The molecule has 0 atom stereocenters. The number of anilines is 1. The molecule has 0 unspecified atom stereocenters. The molecule has 120 valence electrons. The second-order valence-electron chi connectivity index (χ2n) is 4.86. The molecule has 0 aliphatic carbocycles. The van der Waals surface area contributed by atoms with Crippen LogP contribution in [-0.4, -0.2) is 24.0 Å². The summed E-state index contributed by atoms with van der Waals surface area (Å²) in [6.45, 7) is 1.10. The molecule has 0 fully saturated rings. The van der Waals surface area contributed by atoms with Gasteiger partial charge < -0.3 is 15.8 Å². The molecule has 0 saturated carbocycles. The summed E-state index contributed by atoms with van der Waals surface area (Å²) >= 11 is 0. The van der Waals surface area contributed by atoms with Gasteiger partial charge in [-0.15, -0.1) is 0 Å². The van der Waals surface area contributed by atoms with Crippen molar-refractivity contribution in [3.05, 3.63) is 69.8 Å². The van der Waals surface area contributed by atoms with E-state index in [1.54, 1.807) is 0 Å². The minimum Gasteiger partial charge on any atom is -0.399 e. The highest BCUT2D eigenvalue weighted by Gasteiger charge is 2.13. The van der Waals surface area contributed by atoms with Gasteiger partial charge in [0.05, 0.1) is 18.1 Å². The molecule has 7 nitrogen and oxygen atoms in total. The number of nitrogens with two attached hydrogens (primary N) is 1. The average molecular weight is 315 g/mol. The maximum atomic E-state index is 12.0. The summed E-state index contributed by atoms with van der Waals surface area (Å²) in [6.07, 6.45) is 0. The number of ether oxygens (including phenoxy) is 1. The first-order chi connectivity index (χ1) is 11.1. The zero-order valence-corrected chi connectivity index (χ0v) is 12.4. The predicted octanol–water partition coefficient (Wildman–Crippen LogP) is 2.12. The second kappa shape index (κ2) is 7.90. The van der Waals surface area contributed by atoms with Crippen LogP contribution in [0, 0.1) is 10.1 Å². The Morgan fingerprint density at radius 1 is 1.22 bits per heavy atom. The van der Waals surface area contributed by atoms with E-state index in [4.69, 9.17) is 10.5 Å². The Bertz CT molecular complexity index is 689. The fourth-order valence-corrected chi connectivity index (χ4v) is 1.97. The van der Waals surface area contributed by atoms with E-state index in [0.717, 1.165) is 5.56 Å². The molecule has 1 amide bonds. The Kier molecular flexibility index (Phi) is 5.65. The molecule has 0 aromatic heterocycles. The lowest BCUT2D eigenvalue weighted by Crippen LogP contribution is -2.27. The zero-order chi connectivity index (χ0) is 16.7. The molecule has 0 saturated heterocycles. The number of non-ortho nitro benzene ring substituents is 1. The van der Waals surface area contributed by atoms with Gasteiger partial charge in [0.25, 0.3) is 11.6 Å². The van der Waals surface area contributed by atoms with Crippen LogP contribution in [0.2, 0.25) is 0 Å². The van der Waals surface area contributed by atoms with Crippen LogP contribution >= 0.6 is 0 Å². The molecule has 2 aromatic rings. The summed E-state index contributed by atoms with van der Waals surface area (Å²) in [5, 5.41) is 13.4. The number of carbonyl (C=O) groups excluding carboxylic acids is 1. The Morgan fingerprint density at radius 2 is 1.96 bits per heavy atom. The maximum Gasteiger partial charge on any atom is 0.272 e. The molecule has 2 aromatic carbocycles. The number of nitrogens with zero attached hydrogens (tertiary/aromatic N) is 1. The Balaban J connectivity index is 1.80. The molecule has 23 heavy (non-hydrogen) atoms. The highest BCUT2D eigenvalue weighted by molar-refractivity contribution is 5.95. The maximum absolute atomic E-state index is 12.0. The van der Waals surface area contributed by atoms with Gasteiger partial charge in [0.1, 0.15) is 0 Å². The van der Waals surface area contributed by atoms with E-state index < -0.39 is 10.8 Å². The van der Waals surface area contributed by atoms with Gasteiger partial charge in [0.2, 0.25) is 0 Å². The number of nitro benzene ring substituents is 1. The molecular weight excluding hydrogens is 298 g/mol. The minimum absolute atomic E-state index is 0.153. The highest BCUT2D eigenvalue weighted by atomic mass is 16.6. The van der Waals surface area contributed by atoms with Gasteiger partial charge in [-0.05, 0) is 11.6 Å². The van der Waals surface area contributed by atoms with E-state index in [1.165, 1.54) is 18.2 Å². The lowest BCUT2D eigenvalue weighted by molar-refractivity contribution is -0.384. The number of amides is 1. The van der Waals surface area contributed by atoms with Crippen LogP contribution in [0.25, 0.3) is 0 Å². The number of carbonyl (C=O) groups is 1. The number of hydrogen-bond donors (Lipinski definition) is 2. The van der Waals surface area contributed by atoms with Gasteiger partial charge >= 0.3 is 0 Å². The normalized spacial score (nSPS) is 10.3. The van der Waals surface area contributed by atoms with E-state index >= 15 is 0 Å². The van der Waals surface area contributed by atoms with E-state index in [-0.39, 0.29) is 16.9 Å². The van der Waals surface area contributed by atoms with Gasteiger partial charge in [-0.2, -0.15) is 0 Å². The standard InChI is InChI=1S/C16H17N3O4/c17-14-8-13(9-15(10-14)19(21)22)16(20)18-6-7-23-11-12-4-2-1-3-5-12/h1-5,8-10H,6-7,11,17H2,(H,18,20). The predicted molar refractivity (Wildman–Crippen MR) is 85.9 cm³/mol. The molecule has 7 heteroatoms. The average Bonchev–Trinajstić information content (AvgIpc) is 2.54. The van der Waals surface area contributed by atoms with Crippen LogP contribution < -0.4 is 11.1 Å². The Hall–Kier alpha value is -2.93. The zero-order valence-electron chi connectivity index (χ0n) is 12.4. The summed E-state index contributed by atoms with van der Waals surface area (Å²) in [6, 6.07) is 13.5.